The van der Waals surface area contributed by atoms with Gasteiger partial charge in [0.1, 0.15) is 17.4 Å². The second-order valence-electron chi connectivity index (χ2n) is 6.66. The fourth-order valence-electron chi connectivity index (χ4n) is 2.84. The molecule has 3 aromatic rings. The largest absolute Gasteiger partial charge is 0.484 e. The molecule has 0 bridgehead atoms. The molecule has 0 aliphatic heterocycles. The van der Waals surface area contributed by atoms with Gasteiger partial charge < -0.3 is 19.4 Å². The number of hydrogen-bond donors (Lipinski definition) is 1. The average Bonchev–Trinajstić information content (AvgIpc) is 3.35. The van der Waals surface area contributed by atoms with Crippen molar-refractivity contribution in [3.63, 3.8) is 0 Å². The second-order valence-corrected chi connectivity index (χ2v) is 9.71. The molecule has 1 amide bonds. The van der Waals surface area contributed by atoms with Gasteiger partial charge in [-0.15, -0.1) is 21.5 Å². The summed E-state index contributed by atoms with van der Waals surface area (Å²) in [7, 11) is 0. The van der Waals surface area contributed by atoms with E-state index in [2.05, 4.69) is 15.5 Å². The van der Waals surface area contributed by atoms with Crippen molar-refractivity contribution in [2.45, 2.75) is 39.1 Å². The lowest BCUT2D eigenvalue weighted by Crippen LogP contribution is -2.16. The maximum absolute atomic E-state index is 12.5. The highest BCUT2D eigenvalue weighted by molar-refractivity contribution is 7.99. The predicted molar refractivity (Wildman–Crippen MR) is 131 cm³/mol. The Bertz CT molecular complexity index is 1150. The number of amides is 1. The van der Waals surface area contributed by atoms with E-state index < -0.39 is 5.97 Å². The Morgan fingerprint density at radius 2 is 2.00 bits per heavy atom. The number of ether oxygens (including phenoxy) is 2. The molecule has 0 saturated carbocycles. The zero-order valence-electron chi connectivity index (χ0n) is 18.2. The van der Waals surface area contributed by atoms with Crippen molar-refractivity contribution in [3.8, 4) is 5.75 Å². The van der Waals surface area contributed by atoms with Gasteiger partial charge in [0.25, 0.3) is 0 Å². The van der Waals surface area contributed by atoms with Crippen LogP contribution in [0.1, 0.15) is 34.9 Å². The van der Waals surface area contributed by atoms with E-state index in [1.165, 1.54) is 23.1 Å². The summed E-state index contributed by atoms with van der Waals surface area (Å²) in [4.78, 5) is 25.5. The molecule has 1 N–H and O–H groups in total. The van der Waals surface area contributed by atoms with Crippen molar-refractivity contribution < 1.29 is 19.1 Å². The van der Waals surface area contributed by atoms with Crippen LogP contribution in [-0.2, 0) is 22.7 Å². The van der Waals surface area contributed by atoms with Gasteiger partial charge in [-0.2, -0.15) is 0 Å². The van der Waals surface area contributed by atoms with E-state index in [9.17, 15) is 9.59 Å². The lowest BCUT2D eigenvalue weighted by atomic mass is 10.3. The maximum Gasteiger partial charge on any atom is 0.341 e. The summed E-state index contributed by atoms with van der Waals surface area (Å²) in [5.74, 6) is 0.418. The van der Waals surface area contributed by atoms with Crippen LogP contribution in [0.25, 0.3) is 0 Å². The lowest BCUT2D eigenvalue weighted by Gasteiger charge is -2.10. The highest BCUT2D eigenvalue weighted by Crippen LogP contribution is 2.30. The van der Waals surface area contributed by atoms with Crippen LogP contribution in [0.5, 0.6) is 5.75 Å². The Morgan fingerprint density at radius 3 is 2.73 bits per heavy atom. The summed E-state index contributed by atoms with van der Waals surface area (Å²) < 4.78 is 12.7. The number of aromatic nitrogens is 3. The van der Waals surface area contributed by atoms with E-state index in [1.807, 2.05) is 18.4 Å². The van der Waals surface area contributed by atoms with E-state index in [4.69, 9.17) is 32.7 Å². The first kappa shape index (κ1) is 25.4. The van der Waals surface area contributed by atoms with Crippen molar-refractivity contribution in [3.05, 3.63) is 50.6 Å². The van der Waals surface area contributed by atoms with Crippen LogP contribution in [-0.4, -0.2) is 39.0 Å². The molecular formula is C21H22Cl2N4O4S2. The van der Waals surface area contributed by atoms with Gasteiger partial charge in [0.05, 0.1) is 22.9 Å². The molecule has 0 aliphatic rings. The summed E-state index contributed by atoms with van der Waals surface area (Å²) >= 11 is 14.7. The highest BCUT2D eigenvalue weighted by Gasteiger charge is 2.19. The van der Waals surface area contributed by atoms with Crippen molar-refractivity contribution in [2.24, 2.45) is 0 Å². The zero-order valence-corrected chi connectivity index (χ0v) is 21.3. The van der Waals surface area contributed by atoms with Crippen LogP contribution in [0.4, 0.5) is 5.00 Å². The number of halogens is 2. The van der Waals surface area contributed by atoms with Crippen LogP contribution in [0.15, 0.2) is 29.4 Å². The number of anilines is 1. The molecule has 0 radical (unpaired) electrons. The van der Waals surface area contributed by atoms with E-state index in [-0.39, 0.29) is 24.9 Å². The number of nitrogens with one attached hydrogen (secondary N) is 1. The number of benzene rings is 1. The first-order valence-corrected chi connectivity index (χ1v) is 12.6. The third kappa shape index (κ3) is 6.63. The topological polar surface area (TPSA) is 95.3 Å². The number of carbonyl (C=O) groups is 2. The van der Waals surface area contributed by atoms with Crippen molar-refractivity contribution in [1.29, 1.82) is 0 Å². The first-order chi connectivity index (χ1) is 15.8. The van der Waals surface area contributed by atoms with Gasteiger partial charge in [-0.25, -0.2) is 4.79 Å². The van der Waals surface area contributed by atoms with Crippen molar-refractivity contribution in [1.82, 2.24) is 14.8 Å². The lowest BCUT2D eigenvalue weighted by molar-refractivity contribution is -0.113. The van der Waals surface area contributed by atoms with Gasteiger partial charge in [0.15, 0.2) is 11.0 Å². The summed E-state index contributed by atoms with van der Waals surface area (Å²) in [6.07, 6.45) is 0. The van der Waals surface area contributed by atoms with Gasteiger partial charge in [0.2, 0.25) is 5.91 Å². The molecule has 0 unspecified atom stereocenters. The monoisotopic (exact) mass is 528 g/mol. The summed E-state index contributed by atoms with van der Waals surface area (Å²) in [5.41, 5.74) is 0.355. The first-order valence-electron chi connectivity index (χ1n) is 10.0. The quantitative estimate of drug-likeness (QED) is 0.275. The number of hydrogen-bond acceptors (Lipinski definition) is 8. The van der Waals surface area contributed by atoms with Gasteiger partial charge in [0, 0.05) is 22.5 Å². The van der Waals surface area contributed by atoms with Crippen LogP contribution >= 0.6 is 46.3 Å². The molecule has 0 aliphatic carbocycles. The smallest absolute Gasteiger partial charge is 0.341 e. The van der Waals surface area contributed by atoms with E-state index >= 15 is 0 Å². The Morgan fingerprint density at radius 1 is 1.21 bits per heavy atom. The molecule has 176 valence electrons. The van der Waals surface area contributed by atoms with Gasteiger partial charge >= 0.3 is 5.97 Å². The predicted octanol–water partition coefficient (Wildman–Crippen LogP) is 5.46. The minimum atomic E-state index is -0.458. The minimum absolute atomic E-state index is 0.0956. The normalized spacial score (nSPS) is 10.8. The van der Waals surface area contributed by atoms with Crippen LogP contribution < -0.4 is 10.1 Å². The SMILES string of the molecule is CCOC(=O)c1cc(C)sc1NC(=O)CSc1nnc(COc2cc(Cl)ccc2Cl)n1CC. The Labute approximate surface area is 209 Å². The maximum atomic E-state index is 12.5. The molecule has 0 atom stereocenters. The Hall–Kier alpha value is -2.27. The zero-order chi connectivity index (χ0) is 24.0. The minimum Gasteiger partial charge on any atom is -0.484 e. The fourth-order valence-corrected chi connectivity index (χ4v) is 4.91. The molecule has 0 fully saturated rings. The summed E-state index contributed by atoms with van der Waals surface area (Å²) in [6, 6.07) is 6.68. The average molecular weight is 529 g/mol. The number of esters is 1. The molecule has 12 heteroatoms. The Balaban J connectivity index is 1.62. The molecular weight excluding hydrogens is 507 g/mol. The summed E-state index contributed by atoms with van der Waals surface area (Å²) in [6.45, 7) is 6.55. The van der Waals surface area contributed by atoms with Crippen molar-refractivity contribution >= 4 is 63.2 Å². The number of rotatable bonds is 10. The number of carbonyl (C=O) groups excluding carboxylic acids is 2. The molecule has 33 heavy (non-hydrogen) atoms. The fraction of sp³-hybridized carbons (Fsp3) is 0.333. The van der Waals surface area contributed by atoms with E-state index in [1.54, 1.807) is 31.2 Å². The molecule has 0 spiro atoms. The van der Waals surface area contributed by atoms with E-state index in [0.717, 1.165) is 4.88 Å². The van der Waals surface area contributed by atoms with Gasteiger partial charge in [-0.1, -0.05) is 35.0 Å². The number of aryl methyl sites for hydroxylation is 1. The highest BCUT2D eigenvalue weighted by atomic mass is 35.5. The van der Waals surface area contributed by atoms with Gasteiger partial charge in [-0.3, -0.25) is 4.79 Å². The molecule has 2 aromatic heterocycles. The van der Waals surface area contributed by atoms with Crippen molar-refractivity contribution in [2.75, 3.05) is 17.7 Å². The van der Waals surface area contributed by atoms with E-state index in [0.29, 0.717) is 43.9 Å². The molecule has 0 saturated heterocycles. The third-order valence-corrected chi connectivity index (χ3v) is 6.78. The standard InChI is InChI=1S/C21H22Cl2N4O4S2/c1-4-27-17(10-31-16-9-13(22)6-7-15(16)23)25-26-21(27)32-11-18(28)24-19-14(8-12(3)33-19)20(29)30-5-2/h6-9H,4-5,10-11H2,1-3H3,(H,24,28). The number of thiophene rings is 1. The molecule has 1 aromatic carbocycles. The molecule has 8 nitrogen and oxygen atoms in total. The number of nitrogens with zero attached hydrogens (tertiary/aromatic N) is 3. The molecule has 3 rings (SSSR count). The Kier molecular flexibility index (Phi) is 9.02. The van der Waals surface area contributed by atoms with Gasteiger partial charge in [-0.05, 0) is 39.0 Å². The molecule has 2 heterocycles. The second kappa shape index (κ2) is 11.7. The van der Waals surface area contributed by atoms with Crippen LogP contribution in [0, 0.1) is 6.92 Å². The van der Waals surface area contributed by atoms with Crippen LogP contribution in [0.3, 0.4) is 0 Å². The third-order valence-electron chi connectivity index (χ3n) is 4.30. The van der Waals surface area contributed by atoms with Crippen LogP contribution in [0.2, 0.25) is 10.0 Å². The number of thioether (sulfide) groups is 1. The summed E-state index contributed by atoms with van der Waals surface area (Å²) in [5, 5.41) is 13.2.